The lowest BCUT2D eigenvalue weighted by atomic mass is 10.2. The number of nitrogens with one attached hydrogen (secondary N) is 1. The molecule has 25 heavy (non-hydrogen) atoms. The molecule has 2 aromatic rings. The van der Waals surface area contributed by atoms with E-state index >= 15 is 0 Å². The normalized spacial score (nSPS) is 16.0. The molecule has 1 aliphatic rings. The van der Waals surface area contributed by atoms with Crippen LogP contribution in [0.25, 0.3) is 6.08 Å². The number of anilines is 1. The Hall–Kier alpha value is -2.31. The van der Waals surface area contributed by atoms with Gasteiger partial charge in [0.05, 0.1) is 11.6 Å². The van der Waals surface area contributed by atoms with Crippen LogP contribution in [0.1, 0.15) is 11.1 Å². The van der Waals surface area contributed by atoms with Crippen LogP contribution in [0.2, 0.25) is 5.02 Å². The second kappa shape index (κ2) is 7.29. The van der Waals surface area contributed by atoms with Gasteiger partial charge in [-0.2, -0.15) is 0 Å². The topological polar surface area (TPSA) is 49.4 Å². The molecule has 0 radical (unpaired) electrons. The maximum absolute atomic E-state index is 13.0. The van der Waals surface area contributed by atoms with Crippen molar-refractivity contribution < 1.29 is 14.0 Å². The Labute approximate surface area is 153 Å². The van der Waals surface area contributed by atoms with Gasteiger partial charge in [0.25, 0.3) is 11.1 Å². The fraction of sp³-hybridized carbons (Fsp3) is 0.111. The second-order valence-corrected chi connectivity index (χ2v) is 6.81. The van der Waals surface area contributed by atoms with Crippen molar-refractivity contribution in [2.24, 2.45) is 0 Å². The van der Waals surface area contributed by atoms with Crippen LogP contribution in [0.4, 0.5) is 14.9 Å². The lowest BCUT2D eigenvalue weighted by molar-refractivity contribution is -0.122. The van der Waals surface area contributed by atoms with Gasteiger partial charge in [0.2, 0.25) is 0 Å². The quantitative estimate of drug-likeness (QED) is 0.771. The van der Waals surface area contributed by atoms with E-state index < -0.39 is 0 Å². The van der Waals surface area contributed by atoms with Crippen molar-refractivity contribution in [3.05, 3.63) is 69.3 Å². The predicted octanol–water partition coefficient (Wildman–Crippen LogP) is 4.89. The van der Waals surface area contributed by atoms with Gasteiger partial charge in [-0.15, -0.1) is 0 Å². The average molecular weight is 377 g/mol. The van der Waals surface area contributed by atoms with Gasteiger partial charge >= 0.3 is 0 Å². The van der Waals surface area contributed by atoms with Crippen molar-refractivity contribution in [2.45, 2.75) is 6.92 Å². The summed E-state index contributed by atoms with van der Waals surface area (Å²) >= 11 is 6.93. The van der Waals surface area contributed by atoms with Crippen LogP contribution >= 0.6 is 23.4 Å². The van der Waals surface area contributed by atoms with E-state index in [0.29, 0.717) is 15.5 Å². The van der Waals surface area contributed by atoms with E-state index in [1.807, 2.05) is 13.0 Å². The molecule has 1 aliphatic heterocycles. The minimum absolute atomic E-state index is 0.0482. The molecule has 1 saturated heterocycles. The third-order valence-corrected chi connectivity index (χ3v) is 5.05. The zero-order chi connectivity index (χ0) is 18.0. The Balaban J connectivity index is 1.73. The number of hydrogen-bond acceptors (Lipinski definition) is 4. The number of imide groups is 1. The predicted molar refractivity (Wildman–Crippen MR) is 98.9 cm³/mol. The van der Waals surface area contributed by atoms with E-state index in [2.05, 4.69) is 5.32 Å². The molecule has 0 aliphatic carbocycles. The number of thioether (sulfide) groups is 1. The number of carbonyl (C=O) groups excluding carboxylic acids is 2. The molecule has 3 rings (SSSR count). The molecule has 0 spiro atoms. The highest BCUT2D eigenvalue weighted by molar-refractivity contribution is 8.18. The van der Waals surface area contributed by atoms with Crippen LogP contribution in [0.3, 0.4) is 0 Å². The average Bonchev–Trinajstić information content (AvgIpc) is 2.85. The summed E-state index contributed by atoms with van der Waals surface area (Å²) in [5.74, 6) is -0.738. The molecule has 1 heterocycles. The van der Waals surface area contributed by atoms with E-state index in [1.54, 1.807) is 30.3 Å². The number of hydrogen-bond donors (Lipinski definition) is 1. The number of rotatable bonds is 4. The molecular weight excluding hydrogens is 363 g/mol. The van der Waals surface area contributed by atoms with Crippen molar-refractivity contribution >= 4 is 46.3 Å². The number of halogens is 2. The van der Waals surface area contributed by atoms with Crippen LogP contribution in [0.15, 0.2) is 47.4 Å². The van der Waals surface area contributed by atoms with E-state index in [0.717, 1.165) is 27.9 Å². The van der Waals surface area contributed by atoms with E-state index in [-0.39, 0.29) is 23.6 Å². The largest absolute Gasteiger partial charge is 0.367 e. The van der Waals surface area contributed by atoms with Crippen molar-refractivity contribution in [3.8, 4) is 0 Å². The first-order valence-electron chi connectivity index (χ1n) is 7.45. The Morgan fingerprint density at radius 1 is 1.20 bits per heavy atom. The maximum Gasteiger partial charge on any atom is 0.295 e. The number of nitrogens with zero attached hydrogens (tertiary/aromatic N) is 1. The van der Waals surface area contributed by atoms with Gasteiger partial charge in [-0.25, -0.2) is 4.39 Å². The molecule has 0 aromatic heterocycles. The SMILES string of the molecule is Cc1c(Cl)cccc1NCN1C(=O)S/C(=C/c2ccc(F)cc2)C1=O. The summed E-state index contributed by atoms with van der Waals surface area (Å²) in [6, 6.07) is 11.1. The fourth-order valence-corrected chi connectivity index (χ4v) is 3.32. The van der Waals surface area contributed by atoms with Gasteiger partial charge in [0.1, 0.15) is 5.82 Å². The van der Waals surface area contributed by atoms with E-state index in [1.165, 1.54) is 12.1 Å². The number of amides is 2. The Morgan fingerprint density at radius 3 is 2.64 bits per heavy atom. The fourth-order valence-electron chi connectivity index (χ4n) is 2.31. The summed E-state index contributed by atoms with van der Waals surface area (Å²) in [6.45, 7) is 1.90. The lowest BCUT2D eigenvalue weighted by Gasteiger charge is -2.16. The van der Waals surface area contributed by atoms with Crippen molar-refractivity contribution in [2.75, 3.05) is 12.0 Å². The lowest BCUT2D eigenvalue weighted by Crippen LogP contribution is -2.33. The molecule has 0 unspecified atom stereocenters. The van der Waals surface area contributed by atoms with Crippen LogP contribution in [-0.4, -0.2) is 22.7 Å². The van der Waals surface area contributed by atoms with Crippen LogP contribution in [0.5, 0.6) is 0 Å². The standard InChI is InChI=1S/C18H14ClFN2O2S/c1-11-14(19)3-2-4-15(11)21-10-22-17(23)16(25-18(22)24)9-12-5-7-13(20)8-6-12/h2-9,21H,10H2,1H3/b16-9+. The smallest absolute Gasteiger partial charge is 0.295 e. The molecule has 0 atom stereocenters. The van der Waals surface area contributed by atoms with Gasteiger partial charge in [0.15, 0.2) is 0 Å². The molecule has 1 fully saturated rings. The highest BCUT2D eigenvalue weighted by atomic mass is 35.5. The van der Waals surface area contributed by atoms with Crippen LogP contribution in [0, 0.1) is 12.7 Å². The summed E-state index contributed by atoms with van der Waals surface area (Å²) in [4.78, 5) is 26.0. The van der Waals surface area contributed by atoms with Crippen molar-refractivity contribution in [1.29, 1.82) is 0 Å². The third kappa shape index (κ3) is 3.86. The molecule has 0 bridgehead atoms. The summed E-state index contributed by atoms with van der Waals surface area (Å²) in [7, 11) is 0. The van der Waals surface area contributed by atoms with Crippen LogP contribution < -0.4 is 5.32 Å². The summed E-state index contributed by atoms with van der Waals surface area (Å²) < 4.78 is 13.0. The van der Waals surface area contributed by atoms with E-state index in [9.17, 15) is 14.0 Å². The molecule has 4 nitrogen and oxygen atoms in total. The molecule has 128 valence electrons. The summed E-state index contributed by atoms with van der Waals surface area (Å²) in [5.41, 5.74) is 2.26. The minimum atomic E-state index is -0.383. The molecule has 2 aromatic carbocycles. The maximum atomic E-state index is 13.0. The van der Waals surface area contributed by atoms with Gasteiger partial charge < -0.3 is 5.32 Å². The van der Waals surface area contributed by atoms with E-state index in [4.69, 9.17) is 11.6 Å². The molecule has 1 N–H and O–H groups in total. The highest BCUT2D eigenvalue weighted by Crippen LogP contribution is 2.32. The first-order valence-corrected chi connectivity index (χ1v) is 8.65. The number of carbonyl (C=O) groups is 2. The first kappa shape index (κ1) is 17.5. The highest BCUT2D eigenvalue weighted by Gasteiger charge is 2.34. The molecule has 2 amide bonds. The Morgan fingerprint density at radius 2 is 1.92 bits per heavy atom. The number of benzene rings is 2. The zero-order valence-electron chi connectivity index (χ0n) is 13.3. The zero-order valence-corrected chi connectivity index (χ0v) is 14.8. The summed E-state index contributed by atoms with van der Waals surface area (Å²) in [6.07, 6.45) is 1.58. The Bertz CT molecular complexity index is 868. The van der Waals surface area contributed by atoms with Gasteiger partial charge in [0, 0.05) is 10.7 Å². The van der Waals surface area contributed by atoms with Crippen molar-refractivity contribution in [1.82, 2.24) is 4.90 Å². The minimum Gasteiger partial charge on any atom is -0.367 e. The van der Waals surface area contributed by atoms with Gasteiger partial charge in [-0.1, -0.05) is 29.8 Å². The third-order valence-electron chi connectivity index (χ3n) is 3.74. The second-order valence-electron chi connectivity index (χ2n) is 5.41. The molecular formula is C18H14ClFN2O2S. The van der Waals surface area contributed by atoms with Gasteiger partial charge in [-0.3, -0.25) is 14.5 Å². The van der Waals surface area contributed by atoms with Crippen molar-refractivity contribution in [3.63, 3.8) is 0 Å². The Kier molecular flexibility index (Phi) is 5.11. The first-order chi connectivity index (χ1) is 12.0. The monoisotopic (exact) mass is 376 g/mol. The molecule has 7 heteroatoms. The summed E-state index contributed by atoms with van der Waals surface area (Å²) in [5, 5.41) is 3.31. The van der Waals surface area contributed by atoms with Gasteiger partial charge in [-0.05, 0) is 60.2 Å². The molecule has 0 saturated carbocycles. The van der Waals surface area contributed by atoms with Crippen LogP contribution in [-0.2, 0) is 4.79 Å².